The number of aromatic nitrogens is 2. The van der Waals surface area contributed by atoms with Crippen LogP contribution in [-0.4, -0.2) is 49.9 Å². The number of hydrogen-bond donors (Lipinski definition) is 1. The molecule has 1 fully saturated rings. The largest absolute Gasteiger partial charge is 0.415 e. The maximum atomic E-state index is 14.9. The van der Waals surface area contributed by atoms with Gasteiger partial charge in [-0.2, -0.15) is 8.78 Å². The average Bonchev–Trinajstić information content (AvgIpc) is 3.29. The van der Waals surface area contributed by atoms with E-state index in [0.29, 0.717) is 5.69 Å². The van der Waals surface area contributed by atoms with Crippen molar-refractivity contribution in [1.82, 2.24) is 15.1 Å². The third-order valence-corrected chi connectivity index (χ3v) is 6.96. The van der Waals surface area contributed by atoms with Gasteiger partial charge in [0.1, 0.15) is 11.6 Å². The Morgan fingerprint density at radius 2 is 1.79 bits per heavy atom. The molecule has 0 atom stereocenters. The molecule has 13 heteroatoms. The van der Waals surface area contributed by atoms with Crippen LogP contribution in [0.4, 0.5) is 28.0 Å². The molecule has 0 saturated carbocycles. The van der Waals surface area contributed by atoms with Gasteiger partial charge in [0.15, 0.2) is 0 Å². The third kappa shape index (κ3) is 5.19. The Hall–Kier alpha value is -3.48. The molecule has 2 heterocycles. The van der Waals surface area contributed by atoms with E-state index in [1.54, 1.807) is 0 Å². The van der Waals surface area contributed by atoms with E-state index in [9.17, 15) is 26.6 Å². The second kappa shape index (κ2) is 9.41. The molecule has 0 bridgehead atoms. The molecule has 3 aromatic rings. The lowest BCUT2D eigenvalue weighted by molar-refractivity contribution is 0.116. The van der Waals surface area contributed by atoms with Crippen molar-refractivity contribution in [2.24, 2.45) is 0 Å². The summed E-state index contributed by atoms with van der Waals surface area (Å²) in [5.41, 5.74) is 0.489. The summed E-state index contributed by atoms with van der Waals surface area (Å²) in [4.78, 5) is 15.9. The van der Waals surface area contributed by atoms with Gasteiger partial charge in [0.2, 0.25) is 5.89 Å². The highest BCUT2D eigenvalue weighted by Gasteiger charge is 2.28. The molecule has 2 aromatic carbocycles. The molecular weight excluding hydrogens is 478 g/mol. The van der Waals surface area contributed by atoms with Gasteiger partial charge in [0, 0.05) is 51.1 Å². The highest BCUT2D eigenvalue weighted by atomic mass is 32.2. The Balaban J connectivity index is 1.60. The molecule has 1 aliphatic heterocycles. The van der Waals surface area contributed by atoms with Gasteiger partial charge in [-0.25, -0.2) is 17.8 Å². The molecule has 1 aliphatic rings. The number of urea groups is 1. The van der Waals surface area contributed by atoms with Gasteiger partial charge in [-0.1, -0.05) is 6.07 Å². The van der Waals surface area contributed by atoms with Crippen molar-refractivity contribution >= 4 is 21.4 Å². The molecule has 180 valence electrons. The smallest absolute Gasteiger partial charge is 0.324 e. The van der Waals surface area contributed by atoms with E-state index in [2.05, 4.69) is 10.2 Å². The second-order valence-electron chi connectivity index (χ2n) is 7.60. The van der Waals surface area contributed by atoms with Crippen molar-refractivity contribution in [2.75, 3.05) is 29.5 Å². The first kappa shape index (κ1) is 23.7. The lowest BCUT2D eigenvalue weighted by Gasteiger charge is -2.33. The van der Waals surface area contributed by atoms with E-state index in [1.165, 1.54) is 34.1 Å². The first-order valence-electron chi connectivity index (χ1n) is 10.1. The van der Waals surface area contributed by atoms with Crippen molar-refractivity contribution < 1.29 is 31.0 Å². The number of rotatable bonds is 5. The lowest BCUT2D eigenvalue weighted by Crippen LogP contribution is -2.49. The van der Waals surface area contributed by atoms with E-state index < -0.39 is 39.7 Å². The molecule has 1 N–H and O–H groups in total. The fourth-order valence-electron chi connectivity index (χ4n) is 3.40. The quantitative estimate of drug-likeness (QED) is 0.525. The van der Waals surface area contributed by atoms with Gasteiger partial charge >= 0.3 is 12.5 Å². The zero-order valence-electron chi connectivity index (χ0n) is 17.6. The van der Waals surface area contributed by atoms with Crippen LogP contribution in [0.15, 0.2) is 46.9 Å². The number of carbonyl (C=O) groups excluding carboxylic acids is 1. The Morgan fingerprint density at radius 1 is 1.12 bits per heavy atom. The van der Waals surface area contributed by atoms with Crippen LogP contribution in [0.2, 0.25) is 0 Å². The minimum absolute atomic E-state index is 0.0316. The van der Waals surface area contributed by atoms with Crippen molar-refractivity contribution in [1.29, 1.82) is 4.78 Å². The fraction of sp³-hybridized carbons (Fsp3) is 0.286. The summed E-state index contributed by atoms with van der Waals surface area (Å²) in [5, 5.41) is 6.70. The molecule has 8 nitrogen and oxygen atoms in total. The first-order chi connectivity index (χ1) is 16.1. The zero-order valence-corrected chi connectivity index (χ0v) is 18.4. The van der Waals surface area contributed by atoms with Gasteiger partial charge in [-0.15, -0.1) is 10.2 Å². The van der Waals surface area contributed by atoms with Crippen LogP contribution in [0.5, 0.6) is 0 Å². The Kier molecular flexibility index (Phi) is 6.55. The van der Waals surface area contributed by atoms with Crippen molar-refractivity contribution in [3.05, 3.63) is 65.6 Å². The highest BCUT2D eigenvalue weighted by Crippen LogP contribution is 2.27. The SMILES string of the molecule is N=S1(=O)CCN(C(=O)N(Cc2ccc(-c3nnc(C(F)F)o3)cc2F)c2ccc(F)cc2)CC1. The molecule has 4 rings (SSSR count). The van der Waals surface area contributed by atoms with E-state index >= 15 is 0 Å². The third-order valence-electron chi connectivity index (χ3n) is 5.28. The van der Waals surface area contributed by atoms with Crippen LogP contribution in [0, 0.1) is 16.4 Å². The molecule has 0 aliphatic carbocycles. The number of carbonyl (C=O) groups is 1. The predicted molar refractivity (Wildman–Crippen MR) is 115 cm³/mol. The van der Waals surface area contributed by atoms with Crippen LogP contribution in [-0.2, 0) is 16.3 Å². The monoisotopic (exact) mass is 497 g/mol. The number of benzene rings is 2. The number of nitrogens with zero attached hydrogens (tertiary/aromatic N) is 4. The summed E-state index contributed by atoms with van der Waals surface area (Å²) in [6.07, 6.45) is -2.96. The van der Waals surface area contributed by atoms with Crippen LogP contribution in [0.1, 0.15) is 17.9 Å². The van der Waals surface area contributed by atoms with Crippen molar-refractivity contribution in [3.63, 3.8) is 0 Å². The molecule has 2 amide bonds. The molecule has 0 radical (unpaired) electrons. The molecule has 34 heavy (non-hydrogen) atoms. The topological polar surface area (TPSA) is 103 Å². The van der Waals surface area contributed by atoms with Crippen LogP contribution in [0.3, 0.4) is 0 Å². The summed E-state index contributed by atoms with van der Waals surface area (Å²) >= 11 is 0. The number of halogens is 4. The van der Waals surface area contributed by atoms with Crippen molar-refractivity contribution in [3.8, 4) is 11.5 Å². The first-order valence-corrected chi connectivity index (χ1v) is 12.0. The van der Waals surface area contributed by atoms with Gasteiger partial charge in [-0.05, 0) is 36.4 Å². The minimum atomic E-state index is -2.96. The molecule has 1 aromatic heterocycles. The van der Waals surface area contributed by atoms with Gasteiger partial charge in [-0.3, -0.25) is 9.68 Å². The van der Waals surface area contributed by atoms with Gasteiger partial charge in [0.05, 0.1) is 6.54 Å². The second-order valence-corrected chi connectivity index (χ2v) is 10.0. The molecular formula is C21H19F4N5O3S. The zero-order chi connectivity index (χ0) is 24.5. The van der Waals surface area contributed by atoms with E-state index in [1.807, 2.05) is 0 Å². The Morgan fingerprint density at radius 3 is 2.38 bits per heavy atom. The molecule has 1 saturated heterocycles. The van der Waals surface area contributed by atoms with E-state index in [0.717, 1.165) is 18.2 Å². The normalized spacial score (nSPS) is 15.5. The number of nitrogens with one attached hydrogen (secondary N) is 1. The van der Waals surface area contributed by atoms with Gasteiger partial charge in [0.25, 0.3) is 5.89 Å². The van der Waals surface area contributed by atoms with Crippen LogP contribution >= 0.6 is 0 Å². The minimum Gasteiger partial charge on any atom is -0.415 e. The number of hydrogen-bond acceptors (Lipinski definition) is 6. The van der Waals surface area contributed by atoms with Crippen molar-refractivity contribution in [2.45, 2.75) is 13.0 Å². The Bertz CT molecular complexity index is 1280. The van der Waals surface area contributed by atoms with Crippen LogP contribution in [0.25, 0.3) is 11.5 Å². The number of anilines is 1. The summed E-state index contributed by atoms with van der Waals surface area (Å²) in [6, 6.07) is 8.35. The van der Waals surface area contributed by atoms with Crippen LogP contribution < -0.4 is 4.90 Å². The summed E-state index contributed by atoms with van der Waals surface area (Å²) in [5.74, 6) is -2.36. The molecule has 0 unspecified atom stereocenters. The predicted octanol–water partition coefficient (Wildman–Crippen LogP) is 4.44. The molecule has 0 spiro atoms. The van der Waals surface area contributed by atoms with Gasteiger partial charge < -0.3 is 9.32 Å². The number of alkyl halides is 2. The summed E-state index contributed by atoms with van der Waals surface area (Å²) in [6.45, 7) is -0.0245. The highest BCUT2D eigenvalue weighted by molar-refractivity contribution is 7.92. The fourth-order valence-corrected chi connectivity index (χ4v) is 4.63. The maximum Gasteiger partial charge on any atom is 0.324 e. The summed E-state index contributed by atoms with van der Waals surface area (Å²) in [7, 11) is -2.73. The maximum absolute atomic E-state index is 14.9. The Labute approximate surface area is 192 Å². The average molecular weight is 497 g/mol. The lowest BCUT2D eigenvalue weighted by atomic mass is 10.1. The van der Waals surface area contributed by atoms with E-state index in [4.69, 9.17) is 9.20 Å². The standard InChI is InChI=1S/C21H19F4N5O3S/c22-15-3-5-16(6-4-15)30(21(31)29-7-9-34(26,32)10-8-29)12-14-2-1-13(11-17(14)23)19-27-28-20(33-19)18(24)25/h1-6,11,18,26H,7-10,12H2. The van der Waals surface area contributed by atoms with E-state index in [-0.39, 0.29) is 48.2 Å². The summed E-state index contributed by atoms with van der Waals surface area (Å²) < 4.78 is 78.2. The number of amides is 2.